The number of amides is 3. The molecule has 0 atom stereocenters. The summed E-state index contributed by atoms with van der Waals surface area (Å²) in [5.41, 5.74) is 3.98. The fraction of sp³-hybridized carbons (Fsp3) is 0.391. The largest absolute Gasteiger partial charge is 0.350 e. The fourth-order valence-corrected chi connectivity index (χ4v) is 3.44. The number of nitrogens with zero attached hydrogens (tertiary/aromatic N) is 1. The van der Waals surface area contributed by atoms with Gasteiger partial charge in [-0.05, 0) is 61.2 Å². The van der Waals surface area contributed by atoms with Crippen LogP contribution in [0.1, 0.15) is 35.7 Å². The van der Waals surface area contributed by atoms with Crippen molar-refractivity contribution in [3.63, 3.8) is 0 Å². The predicted octanol–water partition coefficient (Wildman–Crippen LogP) is 2.80. The van der Waals surface area contributed by atoms with Crippen molar-refractivity contribution in [1.82, 2.24) is 21.0 Å². The third kappa shape index (κ3) is 6.05. The highest BCUT2D eigenvalue weighted by molar-refractivity contribution is 5.94. The SMILES string of the molecule is CCc1ccc(-c2ccc(C(=O)NCCN(O)C(=O)NC3CCNCC3)cc2)cc1. The Labute approximate surface area is 177 Å². The van der Waals surface area contributed by atoms with Gasteiger partial charge in [-0.3, -0.25) is 10.0 Å². The third-order valence-electron chi connectivity index (χ3n) is 5.35. The summed E-state index contributed by atoms with van der Waals surface area (Å²) in [6.07, 6.45) is 2.69. The molecule has 0 spiro atoms. The molecule has 30 heavy (non-hydrogen) atoms. The fourth-order valence-electron chi connectivity index (χ4n) is 3.44. The van der Waals surface area contributed by atoms with Crippen molar-refractivity contribution in [2.24, 2.45) is 0 Å². The van der Waals surface area contributed by atoms with Crippen LogP contribution in [0.3, 0.4) is 0 Å². The van der Waals surface area contributed by atoms with Gasteiger partial charge in [0.25, 0.3) is 5.91 Å². The first-order valence-electron chi connectivity index (χ1n) is 10.5. The highest BCUT2D eigenvalue weighted by Crippen LogP contribution is 2.20. The minimum atomic E-state index is -0.533. The summed E-state index contributed by atoms with van der Waals surface area (Å²) in [5.74, 6) is -0.241. The monoisotopic (exact) mass is 410 g/mol. The molecule has 0 aliphatic carbocycles. The minimum Gasteiger partial charge on any atom is -0.350 e. The van der Waals surface area contributed by atoms with Crippen LogP contribution in [0.5, 0.6) is 0 Å². The molecule has 1 heterocycles. The molecule has 1 saturated heterocycles. The third-order valence-corrected chi connectivity index (χ3v) is 5.35. The molecule has 2 aromatic rings. The number of hydrogen-bond acceptors (Lipinski definition) is 4. The van der Waals surface area contributed by atoms with Crippen molar-refractivity contribution in [2.75, 3.05) is 26.2 Å². The zero-order chi connectivity index (χ0) is 21.3. The van der Waals surface area contributed by atoms with Crippen molar-refractivity contribution in [2.45, 2.75) is 32.2 Å². The molecular formula is C23H30N4O3. The lowest BCUT2D eigenvalue weighted by atomic mass is 10.0. The van der Waals surface area contributed by atoms with Crippen molar-refractivity contribution in [3.05, 3.63) is 59.7 Å². The van der Waals surface area contributed by atoms with E-state index in [1.807, 2.05) is 12.1 Å². The summed E-state index contributed by atoms with van der Waals surface area (Å²) in [4.78, 5) is 24.3. The van der Waals surface area contributed by atoms with Crippen LogP contribution in [-0.4, -0.2) is 54.4 Å². The van der Waals surface area contributed by atoms with Gasteiger partial charge in [0.05, 0.1) is 6.54 Å². The van der Waals surface area contributed by atoms with E-state index in [0.717, 1.165) is 43.5 Å². The molecule has 160 valence electrons. The molecule has 0 saturated carbocycles. The van der Waals surface area contributed by atoms with E-state index in [1.54, 1.807) is 12.1 Å². The van der Waals surface area contributed by atoms with Crippen LogP contribution in [0, 0.1) is 0 Å². The van der Waals surface area contributed by atoms with Crippen LogP contribution >= 0.6 is 0 Å². The summed E-state index contributed by atoms with van der Waals surface area (Å²) in [6, 6.07) is 15.3. The maximum Gasteiger partial charge on any atom is 0.341 e. The predicted molar refractivity (Wildman–Crippen MR) is 117 cm³/mol. The Morgan fingerprint density at radius 3 is 2.23 bits per heavy atom. The van der Waals surface area contributed by atoms with Crippen LogP contribution in [0.15, 0.2) is 48.5 Å². The van der Waals surface area contributed by atoms with Gasteiger partial charge in [0.2, 0.25) is 0 Å². The smallest absolute Gasteiger partial charge is 0.341 e. The van der Waals surface area contributed by atoms with Gasteiger partial charge >= 0.3 is 6.03 Å². The summed E-state index contributed by atoms with van der Waals surface area (Å²) in [7, 11) is 0. The molecule has 0 bridgehead atoms. The van der Waals surface area contributed by atoms with Crippen molar-refractivity contribution >= 4 is 11.9 Å². The molecule has 7 nitrogen and oxygen atoms in total. The summed E-state index contributed by atoms with van der Waals surface area (Å²) < 4.78 is 0. The number of piperidine rings is 1. The second kappa shape index (κ2) is 10.8. The Kier molecular flexibility index (Phi) is 7.82. The average molecular weight is 411 g/mol. The number of urea groups is 1. The second-order valence-electron chi connectivity index (χ2n) is 7.48. The average Bonchev–Trinajstić information content (AvgIpc) is 2.79. The van der Waals surface area contributed by atoms with Crippen LogP contribution < -0.4 is 16.0 Å². The molecule has 1 aliphatic rings. The van der Waals surface area contributed by atoms with Crippen molar-refractivity contribution in [1.29, 1.82) is 0 Å². The topological polar surface area (TPSA) is 93.7 Å². The molecule has 7 heteroatoms. The highest BCUT2D eigenvalue weighted by atomic mass is 16.5. The summed E-state index contributed by atoms with van der Waals surface area (Å²) in [5, 5.41) is 19.3. The van der Waals surface area contributed by atoms with Gasteiger partial charge in [0.1, 0.15) is 0 Å². The van der Waals surface area contributed by atoms with Gasteiger partial charge < -0.3 is 16.0 Å². The van der Waals surface area contributed by atoms with E-state index >= 15 is 0 Å². The molecule has 2 aromatic carbocycles. The first-order chi connectivity index (χ1) is 14.6. The number of hydroxylamine groups is 2. The maximum absolute atomic E-state index is 12.3. The zero-order valence-electron chi connectivity index (χ0n) is 17.4. The van der Waals surface area contributed by atoms with Crippen LogP contribution in [0.2, 0.25) is 0 Å². The van der Waals surface area contributed by atoms with Crippen LogP contribution in [-0.2, 0) is 6.42 Å². The van der Waals surface area contributed by atoms with E-state index < -0.39 is 6.03 Å². The standard InChI is InChI=1S/C23H30N4O3/c1-2-17-3-5-18(6-4-17)19-7-9-20(10-8-19)22(28)25-15-16-27(30)23(29)26-21-11-13-24-14-12-21/h3-10,21,24,30H,2,11-16H2,1H3,(H,25,28)(H,26,29). The summed E-state index contributed by atoms with van der Waals surface area (Å²) in [6.45, 7) is 4.02. The molecule has 4 N–H and O–H groups in total. The Hall–Kier alpha value is -2.90. The zero-order valence-corrected chi connectivity index (χ0v) is 17.4. The number of hydrogen-bond donors (Lipinski definition) is 4. The van der Waals surface area contributed by atoms with E-state index in [2.05, 4.69) is 47.1 Å². The number of carbonyl (C=O) groups is 2. The number of nitrogens with one attached hydrogen (secondary N) is 3. The van der Waals surface area contributed by atoms with Crippen LogP contribution in [0.25, 0.3) is 11.1 Å². The van der Waals surface area contributed by atoms with Gasteiger partial charge in [0, 0.05) is 18.2 Å². The van der Waals surface area contributed by atoms with E-state index in [0.29, 0.717) is 10.6 Å². The van der Waals surface area contributed by atoms with Gasteiger partial charge in [-0.25, -0.2) is 9.86 Å². The lowest BCUT2D eigenvalue weighted by Crippen LogP contribution is -2.48. The van der Waals surface area contributed by atoms with E-state index in [4.69, 9.17) is 0 Å². The van der Waals surface area contributed by atoms with E-state index in [-0.39, 0.29) is 25.0 Å². The molecule has 1 aliphatic heterocycles. The van der Waals surface area contributed by atoms with Gasteiger partial charge in [0.15, 0.2) is 0 Å². The first-order valence-corrected chi connectivity index (χ1v) is 10.5. The molecule has 0 radical (unpaired) electrons. The Morgan fingerprint density at radius 1 is 1.03 bits per heavy atom. The Morgan fingerprint density at radius 2 is 1.63 bits per heavy atom. The number of rotatable bonds is 7. The number of benzene rings is 2. The lowest BCUT2D eigenvalue weighted by molar-refractivity contribution is -0.0427. The van der Waals surface area contributed by atoms with Gasteiger partial charge in [-0.15, -0.1) is 0 Å². The number of aryl methyl sites for hydroxylation is 1. The summed E-state index contributed by atoms with van der Waals surface area (Å²) >= 11 is 0. The Balaban J connectivity index is 1.44. The van der Waals surface area contributed by atoms with Crippen molar-refractivity contribution in [3.8, 4) is 11.1 Å². The molecule has 3 rings (SSSR count). The highest BCUT2D eigenvalue weighted by Gasteiger charge is 2.18. The van der Waals surface area contributed by atoms with Crippen molar-refractivity contribution < 1.29 is 14.8 Å². The second-order valence-corrected chi connectivity index (χ2v) is 7.48. The minimum absolute atomic E-state index is 0.0183. The molecule has 0 unspecified atom stereocenters. The number of carbonyl (C=O) groups excluding carboxylic acids is 2. The molecule has 0 aromatic heterocycles. The molecule has 1 fully saturated rings. The maximum atomic E-state index is 12.3. The normalized spacial score (nSPS) is 14.2. The van der Waals surface area contributed by atoms with E-state index in [9.17, 15) is 14.8 Å². The first kappa shape index (κ1) is 21.8. The van der Waals surface area contributed by atoms with Crippen LogP contribution in [0.4, 0.5) is 4.79 Å². The quantitative estimate of drug-likeness (QED) is 0.417. The van der Waals surface area contributed by atoms with Gasteiger partial charge in [-0.2, -0.15) is 0 Å². The van der Waals surface area contributed by atoms with E-state index in [1.165, 1.54) is 5.56 Å². The Bertz CT molecular complexity index is 831. The lowest BCUT2D eigenvalue weighted by Gasteiger charge is -2.25. The molecular weight excluding hydrogens is 380 g/mol. The van der Waals surface area contributed by atoms with Gasteiger partial charge in [-0.1, -0.05) is 43.3 Å². The molecule has 3 amide bonds.